The molecule has 2 heterocycles. The second-order valence-corrected chi connectivity index (χ2v) is 2.68. The summed E-state index contributed by atoms with van der Waals surface area (Å²) in [7, 11) is 0. The summed E-state index contributed by atoms with van der Waals surface area (Å²) < 4.78 is 0. The van der Waals surface area contributed by atoms with Gasteiger partial charge in [-0.05, 0) is 12.1 Å². The SMILES string of the molecule is OCCc1ncc2cccnc2n1. The third-order valence-electron chi connectivity index (χ3n) is 1.74. The summed E-state index contributed by atoms with van der Waals surface area (Å²) in [5.41, 5.74) is 0.681. The molecule has 0 saturated heterocycles. The van der Waals surface area contributed by atoms with E-state index in [1.165, 1.54) is 0 Å². The van der Waals surface area contributed by atoms with Crippen LogP contribution in [0.25, 0.3) is 11.0 Å². The summed E-state index contributed by atoms with van der Waals surface area (Å²) >= 11 is 0. The van der Waals surface area contributed by atoms with Crippen molar-refractivity contribution in [3.05, 3.63) is 30.4 Å². The van der Waals surface area contributed by atoms with Gasteiger partial charge in [0.05, 0.1) is 6.61 Å². The van der Waals surface area contributed by atoms with Gasteiger partial charge < -0.3 is 5.11 Å². The molecule has 0 saturated carbocycles. The first-order chi connectivity index (χ1) is 6.40. The molecule has 0 aliphatic rings. The molecule has 4 heteroatoms. The van der Waals surface area contributed by atoms with E-state index >= 15 is 0 Å². The van der Waals surface area contributed by atoms with Gasteiger partial charge >= 0.3 is 0 Å². The molecule has 0 radical (unpaired) electrons. The minimum Gasteiger partial charge on any atom is -0.396 e. The fourth-order valence-electron chi connectivity index (χ4n) is 1.12. The van der Waals surface area contributed by atoms with Crippen molar-refractivity contribution in [2.45, 2.75) is 6.42 Å². The summed E-state index contributed by atoms with van der Waals surface area (Å²) in [4.78, 5) is 12.4. The third kappa shape index (κ3) is 1.62. The van der Waals surface area contributed by atoms with Crippen molar-refractivity contribution in [1.82, 2.24) is 15.0 Å². The van der Waals surface area contributed by atoms with Crippen molar-refractivity contribution in [2.75, 3.05) is 6.61 Å². The van der Waals surface area contributed by atoms with Crippen LogP contribution in [0.2, 0.25) is 0 Å². The van der Waals surface area contributed by atoms with E-state index in [1.807, 2.05) is 12.1 Å². The lowest BCUT2D eigenvalue weighted by molar-refractivity contribution is 0.296. The lowest BCUT2D eigenvalue weighted by atomic mass is 10.3. The summed E-state index contributed by atoms with van der Waals surface area (Å²) in [5.74, 6) is 0.633. The quantitative estimate of drug-likeness (QED) is 0.724. The molecule has 0 bridgehead atoms. The van der Waals surface area contributed by atoms with Gasteiger partial charge in [0.15, 0.2) is 5.65 Å². The summed E-state index contributed by atoms with van der Waals surface area (Å²) in [6.07, 6.45) is 3.89. The van der Waals surface area contributed by atoms with Crippen LogP contribution in [-0.4, -0.2) is 26.7 Å². The van der Waals surface area contributed by atoms with Crippen LogP contribution >= 0.6 is 0 Å². The second kappa shape index (κ2) is 3.45. The predicted octanol–water partition coefficient (Wildman–Crippen LogP) is 0.560. The standard InChI is InChI=1S/C9H9N3O/c13-5-3-8-11-6-7-2-1-4-10-9(7)12-8/h1-2,4,6,13H,3,5H2. The third-order valence-corrected chi connectivity index (χ3v) is 1.74. The lowest BCUT2D eigenvalue weighted by Gasteiger charge is -1.98. The Balaban J connectivity index is 2.49. The van der Waals surface area contributed by atoms with Gasteiger partial charge in [0, 0.05) is 24.2 Å². The Labute approximate surface area is 75.3 Å². The van der Waals surface area contributed by atoms with Crippen molar-refractivity contribution >= 4 is 11.0 Å². The minimum absolute atomic E-state index is 0.0678. The lowest BCUT2D eigenvalue weighted by Crippen LogP contribution is -1.98. The van der Waals surface area contributed by atoms with Crippen molar-refractivity contribution in [3.63, 3.8) is 0 Å². The fourth-order valence-corrected chi connectivity index (χ4v) is 1.12. The van der Waals surface area contributed by atoms with Crippen LogP contribution in [0.3, 0.4) is 0 Å². The van der Waals surface area contributed by atoms with Gasteiger partial charge in [0.2, 0.25) is 0 Å². The smallest absolute Gasteiger partial charge is 0.162 e. The number of rotatable bonds is 2. The Kier molecular flexibility index (Phi) is 2.14. The fraction of sp³-hybridized carbons (Fsp3) is 0.222. The predicted molar refractivity (Wildman–Crippen MR) is 48.1 cm³/mol. The summed E-state index contributed by atoms with van der Waals surface area (Å²) in [6.45, 7) is 0.0678. The van der Waals surface area contributed by atoms with E-state index in [2.05, 4.69) is 15.0 Å². The van der Waals surface area contributed by atoms with Gasteiger partial charge in [-0.1, -0.05) is 0 Å². The van der Waals surface area contributed by atoms with Crippen LogP contribution < -0.4 is 0 Å². The molecule has 0 amide bonds. The molecule has 0 unspecified atom stereocenters. The average molecular weight is 175 g/mol. The molecule has 66 valence electrons. The zero-order chi connectivity index (χ0) is 9.10. The largest absolute Gasteiger partial charge is 0.396 e. The van der Waals surface area contributed by atoms with E-state index in [9.17, 15) is 0 Å². The maximum Gasteiger partial charge on any atom is 0.162 e. The summed E-state index contributed by atoms with van der Waals surface area (Å²) in [5, 5.41) is 9.61. The average Bonchev–Trinajstić information content (AvgIpc) is 2.18. The van der Waals surface area contributed by atoms with Gasteiger partial charge in [-0.15, -0.1) is 0 Å². The van der Waals surface area contributed by atoms with Crippen molar-refractivity contribution in [1.29, 1.82) is 0 Å². The highest BCUT2D eigenvalue weighted by Gasteiger charge is 1.98. The molecule has 0 aliphatic heterocycles. The molecular weight excluding hydrogens is 166 g/mol. The molecule has 0 aliphatic carbocycles. The molecule has 0 fully saturated rings. The molecule has 0 spiro atoms. The topological polar surface area (TPSA) is 58.9 Å². The summed E-state index contributed by atoms with van der Waals surface area (Å²) in [6, 6.07) is 3.75. The number of fused-ring (bicyclic) bond motifs is 1. The number of hydrogen-bond donors (Lipinski definition) is 1. The monoisotopic (exact) mass is 175 g/mol. The molecule has 1 N–H and O–H groups in total. The molecule has 4 nitrogen and oxygen atoms in total. The van der Waals surface area contributed by atoms with E-state index in [0.29, 0.717) is 17.9 Å². The van der Waals surface area contributed by atoms with Crippen LogP contribution in [0.1, 0.15) is 5.82 Å². The Bertz CT molecular complexity index is 416. The zero-order valence-electron chi connectivity index (χ0n) is 7.01. The van der Waals surface area contributed by atoms with E-state index in [-0.39, 0.29) is 6.61 Å². The first-order valence-electron chi connectivity index (χ1n) is 4.07. The molecular formula is C9H9N3O. The Morgan fingerprint density at radius 2 is 2.23 bits per heavy atom. The highest BCUT2D eigenvalue weighted by molar-refractivity contribution is 5.72. The van der Waals surface area contributed by atoms with Crippen LogP contribution in [0.15, 0.2) is 24.5 Å². The number of hydrogen-bond acceptors (Lipinski definition) is 4. The molecule has 2 rings (SSSR count). The minimum atomic E-state index is 0.0678. The molecule has 2 aromatic rings. The Morgan fingerprint density at radius 1 is 1.31 bits per heavy atom. The number of aliphatic hydroxyl groups excluding tert-OH is 1. The van der Waals surface area contributed by atoms with Crippen LogP contribution in [0.5, 0.6) is 0 Å². The van der Waals surface area contributed by atoms with Gasteiger partial charge in [-0.3, -0.25) is 0 Å². The first kappa shape index (κ1) is 8.07. The van der Waals surface area contributed by atoms with Crippen LogP contribution in [-0.2, 0) is 6.42 Å². The molecule has 2 aromatic heterocycles. The van der Waals surface area contributed by atoms with Gasteiger partial charge in [-0.2, -0.15) is 0 Å². The molecule has 0 aromatic carbocycles. The number of aromatic nitrogens is 3. The van der Waals surface area contributed by atoms with Gasteiger partial charge in [-0.25, -0.2) is 15.0 Å². The van der Waals surface area contributed by atoms with E-state index in [0.717, 1.165) is 5.39 Å². The van der Waals surface area contributed by atoms with E-state index in [1.54, 1.807) is 12.4 Å². The molecule has 0 atom stereocenters. The highest BCUT2D eigenvalue weighted by atomic mass is 16.3. The van der Waals surface area contributed by atoms with E-state index < -0.39 is 0 Å². The van der Waals surface area contributed by atoms with Crippen molar-refractivity contribution < 1.29 is 5.11 Å². The van der Waals surface area contributed by atoms with Crippen molar-refractivity contribution in [3.8, 4) is 0 Å². The number of nitrogens with zero attached hydrogens (tertiary/aromatic N) is 3. The maximum atomic E-state index is 8.69. The number of pyridine rings is 1. The van der Waals surface area contributed by atoms with Gasteiger partial charge in [0.1, 0.15) is 5.82 Å². The highest BCUT2D eigenvalue weighted by Crippen LogP contribution is 2.06. The second-order valence-electron chi connectivity index (χ2n) is 2.68. The zero-order valence-corrected chi connectivity index (χ0v) is 7.01. The maximum absolute atomic E-state index is 8.69. The Morgan fingerprint density at radius 3 is 3.08 bits per heavy atom. The normalized spacial score (nSPS) is 10.5. The van der Waals surface area contributed by atoms with Gasteiger partial charge in [0.25, 0.3) is 0 Å². The van der Waals surface area contributed by atoms with Crippen molar-refractivity contribution in [2.24, 2.45) is 0 Å². The van der Waals surface area contributed by atoms with E-state index in [4.69, 9.17) is 5.11 Å². The molecule has 13 heavy (non-hydrogen) atoms. The first-order valence-corrected chi connectivity index (χ1v) is 4.07. The van der Waals surface area contributed by atoms with Crippen LogP contribution in [0, 0.1) is 0 Å². The Hall–Kier alpha value is -1.55. The number of aliphatic hydroxyl groups is 1. The van der Waals surface area contributed by atoms with Crippen LogP contribution in [0.4, 0.5) is 0 Å².